The number of halogens is 1. The minimum Gasteiger partial charge on any atom is -0.311 e. The molecule has 19 heavy (non-hydrogen) atoms. The van der Waals surface area contributed by atoms with Gasteiger partial charge >= 0.3 is 0 Å². The lowest BCUT2D eigenvalue weighted by molar-refractivity contribution is 0.0597. The van der Waals surface area contributed by atoms with Crippen molar-refractivity contribution in [2.75, 3.05) is 20.6 Å². The Morgan fingerprint density at radius 2 is 2.16 bits per heavy atom. The van der Waals surface area contributed by atoms with E-state index >= 15 is 0 Å². The Kier molecular flexibility index (Phi) is 4.18. The number of hydrogen-bond acceptors (Lipinski definition) is 3. The first-order chi connectivity index (χ1) is 9.07. The van der Waals surface area contributed by atoms with Gasteiger partial charge in [0.05, 0.1) is 11.6 Å². The van der Waals surface area contributed by atoms with Crippen LogP contribution in [0.1, 0.15) is 30.4 Å². The summed E-state index contributed by atoms with van der Waals surface area (Å²) in [4.78, 5) is 2.26. The van der Waals surface area contributed by atoms with Crippen LogP contribution in [0.15, 0.2) is 18.2 Å². The van der Waals surface area contributed by atoms with Crippen LogP contribution < -0.4 is 5.32 Å². The summed E-state index contributed by atoms with van der Waals surface area (Å²) in [7, 11) is 4.19. The molecular weight excluding hydrogens is 241 g/mol. The summed E-state index contributed by atoms with van der Waals surface area (Å²) in [5.74, 6) is -0.251. The molecule has 0 aromatic heterocycles. The van der Waals surface area contributed by atoms with Gasteiger partial charge in [-0.2, -0.15) is 5.26 Å². The Morgan fingerprint density at radius 1 is 1.42 bits per heavy atom. The molecule has 0 unspecified atom stereocenters. The maximum absolute atomic E-state index is 13.6. The lowest BCUT2D eigenvalue weighted by atomic mass is 9.75. The molecule has 4 heteroatoms. The smallest absolute Gasteiger partial charge is 0.127 e. The summed E-state index contributed by atoms with van der Waals surface area (Å²) < 4.78 is 13.6. The molecule has 0 bridgehead atoms. The summed E-state index contributed by atoms with van der Waals surface area (Å²) in [6.07, 6.45) is 3.64. The quantitative estimate of drug-likeness (QED) is 0.883. The fourth-order valence-electron chi connectivity index (χ4n) is 2.58. The zero-order chi connectivity index (χ0) is 13.9. The molecule has 1 N–H and O–H groups in total. The number of rotatable bonds is 5. The average Bonchev–Trinajstić information content (AvgIpc) is 2.34. The Bertz CT molecular complexity index is 487. The molecule has 1 saturated carbocycles. The van der Waals surface area contributed by atoms with E-state index in [1.165, 1.54) is 31.4 Å². The van der Waals surface area contributed by atoms with E-state index in [4.69, 9.17) is 5.26 Å². The van der Waals surface area contributed by atoms with Crippen molar-refractivity contribution >= 4 is 0 Å². The number of hydrogen-bond donors (Lipinski definition) is 1. The predicted molar refractivity (Wildman–Crippen MR) is 73.1 cm³/mol. The minimum atomic E-state index is -0.251. The lowest BCUT2D eigenvalue weighted by Crippen LogP contribution is -2.56. The van der Waals surface area contributed by atoms with Crippen LogP contribution in [0, 0.1) is 17.1 Å². The van der Waals surface area contributed by atoms with Gasteiger partial charge in [0.1, 0.15) is 5.82 Å². The van der Waals surface area contributed by atoms with Gasteiger partial charge in [-0.25, -0.2) is 4.39 Å². The maximum atomic E-state index is 13.6. The highest BCUT2D eigenvalue weighted by Gasteiger charge is 2.38. The van der Waals surface area contributed by atoms with E-state index in [1.807, 2.05) is 6.07 Å². The van der Waals surface area contributed by atoms with Gasteiger partial charge in [0.15, 0.2) is 0 Å². The van der Waals surface area contributed by atoms with Crippen LogP contribution in [-0.4, -0.2) is 31.1 Å². The van der Waals surface area contributed by atoms with Gasteiger partial charge in [-0.3, -0.25) is 0 Å². The Labute approximate surface area is 114 Å². The van der Waals surface area contributed by atoms with Gasteiger partial charge < -0.3 is 10.2 Å². The fraction of sp³-hybridized carbons (Fsp3) is 0.533. The third-order valence-electron chi connectivity index (χ3n) is 4.18. The van der Waals surface area contributed by atoms with E-state index in [1.54, 1.807) is 6.07 Å². The van der Waals surface area contributed by atoms with Crippen LogP contribution in [0.5, 0.6) is 0 Å². The Morgan fingerprint density at radius 3 is 2.68 bits per heavy atom. The van der Waals surface area contributed by atoms with Crippen LogP contribution in [-0.2, 0) is 6.54 Å². The first-order valence-electron chi connectivity index (χ1n) is 6.64. The molecular formula is C15H20FN3. The summed E-state index contributed by atoms with van der Waals surface area (Å²) in [5, 5.41) is 12.2. The van der Waals surface area contributed by atoms with E-state index in [2.05, 4.69) is 24.3 Å². The van der Waals surface area contributed by atoms with Gasteiger partial charge in [-0.15, -0.1) is 0 Å². The molecule has 3 nitrogen and oxygen atoms in total. The standard InChI is InChI=1S/C15H20FN3/c1-19(2)15(6-3-7-15)11-18-10-13-8-12(9-17)4-5-14(13)16/h4-5,8,18H,3,6-7,10-11H2,1-2H3. The van der Waals surface area contributed by atoms with Crippen molar-refractivity contribution in [1.29, 1.82) is 5.26 Å². The van der Waals surface area contributed by atoms with E-state index < -0.39 is 0 Å². The van der Waals surface area contributed by atoms with Crippen molar-refractivity contribution in [3.63, 3.8) is 0 Å². The van der Waals surface area contributed by atoms with Crippen LogP contribution in [0.3, 0.4) is 0 Å². The van der Waals surface area contributed by atoms with Crippen molar-refractivity contribution < 1.29 is 4.39 Å². The second kappa shape index (κ2) is 5.68. The van der Waals surface area contributed by atoms with Gasteiger partial charge in [0, 0.05) is 24.2 Å². The van der Waals surface area contributed by atoms with E-state index in [0.29, 0.717) is 17.7 Å². The number of nitriles is 1. The van der Waals surface area contributed by atoms with Crippen molar-refractivity contribution in [2.24, 2.45) is 0 Å². The molecule has 1 fully saturated rings. The molecule has 0 atom stereocenters. The van der Waals surface area contributed by atoms with Crippen LogP contribution in [0.2, 0.25) is 0 Å². The number of benzene rings is 1. The average molecular weight is 261 g/mol. The van der Waals surface area contributed by atoms with Crippen molar-refractivity contribution in [3.8, 4) is 6.07 Å². The summed E-state index contributed by atoms with van der Waals surface area (Å²) in [6.45, 7) is 1.33. The Balaban J connectivity index is 1.94. The first-order valence-corrected chi connectivity index (χ1v) is 6.64. The third-order valence-corrected chi connectivity index (χ3v) is 4.18. The second-order valence-electron chi connectivity index (χ2n) is 5.49. The molecule has 1 aliphatic rings. The molecule has 1 aromatic rings. The molecule has 2 rings (SSSR count). The molecule has 0 heterocycles. The molecule has 102 valence electrons. The molecule has 1 aromatic carbocycles. The molecule has 0 spiro atoms. The molecule has 0 aliphatic heterocycles. The van der Waals surface area contributed by atoms with Gasteiger partial charge in [0.25, 0.3) is 0 Å². The zero-order valence-electron chi connectivity index (χ0n) is 11.5. The van der Waals surface area contributed by atoms with E-state index in [9.17, 15) is 4.39 Å². The summed E-state index contributed by atoms with van der Waals surface area (Å²) in [6, 6.07) is 6.52. The largest absolute Gasteiger partial charge is 0.311 e. The first kappa shape index (κ1) is 14.0. The lowest BCUT2D eigenvalue weighted by Gasteiger charge is -2.47. The van der Waals surface area contributed by atoms with E-state index in [0.717, 1.165) is 6.54 Å². The van der Waals surface area contributed by atoms with Crippen LogP contribution in [0.25, 0.3) is 0 Å². The molecule has 1 aliphatic carbocycles. The fourth-order valence-corrected chi connectivity index (χ4v) is 2.58. The van der Waals surface area contributed by atoms with Crippen molar-refractivity contribution in [1.82, 2.24) is 10.2 Å². The van der Waals surface area contributed by atoms with Gasteiger partial charge in [-0.05, 0) is 51.6 Å². The Hall–Kier alpha value is -1.44. The number of likely N-dealkylation sites (N-methyl/N-ethyl adjacent to an activating group) is 1. The SMILES string of the molecule is CN(C)C1(CNCc2cc(C#N)ccc2F)CCC1. The summed E-state index contributed by atoms with van der Waals surface area (Å²) in [5.41, 5.74) is 1.29. The van der Waals surface area contributed by atoms with Crippen molar-refractivity contribution in [2.45, 2.75) is 31.3 Å². The topological polar surface area (TPSA) is 39.1 Å². The normalized spacial score (nSPS) is 17.0. The summed E-state index contributed by atoms with van der Waals surface area (Å²) >= 11 is 0. The molecule has 0 saturated heterocycles. The monoisotopic (exact) mass is 261 g/mol. The molecule has 0 radical (unpaired) electrons. The minimum absolute atomic E-state index is 0.226. The zero-order valence-corrected chi connectivity index (χ0v) is 11.5. The molecule has 0 amide bonds. The van der Waals surface area contributed by atoms with Crippen LogP contribution in [0.4, 0.5) is 4.39 Å². The highest BCUT2D eigenvalue weighted by molar-refractivity contribution is 5.33. The number of nitrogens with zero attached hydrogens (tertiary/aromatic N) is 2. The highest BCUT2D eigenvalue weighted by atomic mass is 19.1. The highest BCUT2D eigenvalue weighted by Crippen LogP contribution is 2.35. The van der Waals surface area contributed by atoms with Gasteiger partial charge in [0.2, 0.25) is 0 Å². The number of nitrogens with one attached hydrogen (secondary N) is 1. The maximum Gasteiger partial charge on any atom is 0.127 e. The van der Waals surface area contributed by atoms with Crippen LogP contribution >= 0.6 is 0 Å². The van der Waals surface area contributed by atoms with Gasteiger partial charge in [-0.1, -0.05) is 0 Å². The second-order valence-corrected chi connectivity index (χ2v) is 5.49. The van der Waals surface area contributed by atoms with E-state index in [-0.39, 0.29) is 11.4 Å². The van der Waals surface area contributed by atoms with Crippen molar-refractivity contribution in [3.05, 3.63) is 35.1 Å². The predicted octanol–water partition coefficient (Wildman–Crippen LogP) is 2.27. The third kappa shape index (κ3) is 2.94.